The Morgan fingerprint density at radius 1 is 1.69 bits per heavy atom. The second kappa shape index (κ2) is 3.39. The summed E-state index contributed by atoms with van der Waals surface area (Å²) >= 11 is 1.63. The second-order valence-corrected chi connectivity index (χ2v) is 5.26. The van der Waals surface area contributed by atoms with Gasteiger partial charge in [-0.2, -0.15) is 0 Å². The molecule has 2 rings (SSSR count). The first kappa shape index (κ1) is 9.16. The zero-order chi connectivity index (χ0) is 9.31. The Morgan fingerprint density at radius 3 is 3.00 bits per heavy atom. The van der Waals surface area contributed by atoms with Gasteiger partial charge in [0.2, 0.25) is 0 Å². The standard InChI is InChI=1S/C10H15NOS/c1-10(12,4-8-2-3-8)5-9-6-11-7-13-9/h6-8,12H,2-5H2,1H3. The molecule has 2 nitrogen and oxygen atoms in total. The molecule has 0 saturated heterocycles. The topological polar surface area (TPSA) is 33.1 Å². The molecule has 13 heavy (non-hydrogen) atoms. The summed E-state index contributed by atoms with van der Waals surface area (Å²) in [5, 5.41) is 10.1. The molecule has 1 saturated carbocycles. The highest BCUT2D eigenvalue weighted by molar-refractivity contribution is 7.09. The van der Waals surface area contributed by atoms with Crippen molar-refractivity contribution in [3.05, 3.63) is 16.6 Å². The van der Waals surface area contributed by atoms with Crippen LogP contribution in [-0.4, -0.2) is 15.7 Å². The SMILES string of the molecule is CC(O)(Cc1cncs1)CC1CC1. The molecule has 1 heterocycles. The minimum Gasteiger partial charge on any atom is -0.390 e. The van der Waals surface area contributed by atoms with E-state index < -0.39 is 5.60 Å². The van der Waals surface area contributed by atoms with E-state index in [0.717, 1.165) is 18.8 Å². The summed E-state index contributed by atoms with van der Waals surface area (Å²) in [5.41, 5.74) is 1.30. The van der Waals surface area contributed by atoms with Gasteiger partial charge in [-0.15, -0.1) is 11.3 Å². The van der Waals surface area contributed by atoms with Crippen molar-refractivity contribution in [1.29, 1.82) is 0 Å². The van der Waals surface area contributed by atoms with Crippen molar-refractivity contribution in [1.82, 2.24) is 4.98 Å². The second-order valence-electron chi connectivity index (χ2n) is 4.29. The first-order chi connectivity index (χ1) is 6.16. The largest absolute Gasteiger partial charge is 0.390 e. The number of nitrogens with zero attached hydrogens (tertiary/aromatic N) is 1. The Labute approximate surface area is 82.6 Å². The number of aromatic nitrogens is 1. The van der Waals surface area contributed by atoms with Crippen LogP contribution in [0.2, 0.25) is 0 Å². The van der Waals surface area contributed by atoms with E-state index in [-0.39, 0.29) is 0 Å². The molecule has 1 atom stereocenters. The normalized spacial score (nSPS) is 21.4. The molecular weight excluding hydrogens is 182 g/mol. The fraction of sp³-hybridized carbons (Fsp3) is 0.700. The first-order valence-corrected chi connectivity index (χ1v) is 5.63. The molecule has 0 amide bonds. The third-order valence-electron chi connectivity index (χ3n) is 2.46. The van der Waals surface area contributed by atoms with Crippen LogP contribution in [0.4, 0.5) is 0 Å². The molecule has 1 aromatic rings. The number of hydrogen-bond acceptors (Lipinski definition) is 3. The fourth-order valence-electron chi connectivity index (χ4n) is 1.72. The van der Waals surface area contributed by atoms with E-state index in [4.69, 9.17) is 0 Å². The summed E-state index contributed by atoms with van der Waals surface area (Å²) in [5.74, 6) is 0.780. The van der Waals surface area contributed by atoms with Gasteiger partial charge in [0.05, 0.1) is 11.1 Å². The van der Waals surface area contributed by atoms with Gasteiger partial charge < -0.3 is 5.11 Å². The predicted octanol–water partition coefficient (Wildman–Crippen LogP) is 2.24. The van der Waals surface area contributed by atoms with Crippen molar-refractivity contribution < 1.29 is 5.11 Å². The van der Waals surface area contributed by atoms with Crippen molar-refractivity contribution in [2.45, 2.75) is 38.2 Å². The summed E-state index contributed by atoms with van der Waals surface area (Å²) < 4.78 is 0. The van der Waals surface area contributed by atoms with Crippen molar-refractivity contribution in [2.75, 3.05) is 0 Å². The molecule has 72 valence electrons. The smallest absolute Gasteiger partial charge is 0.0794 e. The molecule has 0 aliphatic heterocycles. The predicted molar refractivity (Wildman–Crippen MR) is 53.8 cm³/mol. The molecule has 1 aliphatic rings. The molecule has 1 aromatic heterocycles. The molecule has 0 radical (unpaired) electrons. The molecule has 0 aromatic carbocycles. The van der Waals surface area contributed by atoms with Crippen molar-refractivity contribution in [3.8, 4) is 0 Å². The number of thiazole rings is 1. The number of aliphatic hydroxyl groups is 1. The van der Waals surface area contributed by atoms with E-state index in [1.165, 1.54) is 17.7 Å². The lowest BCUT2D eigenvalue weighted by molar-refractivity contribution is 0.0462. The highest BCUT2D eigenvalue weighted by atomic mass is 32.1. The van der Waals surface area contributed by atoms with Crippen LogP contribution in [-0.2, 0) is 6.42 Å². The maximum Gasteiger partial charge on any atom is 0.0794 e. The number of hydrogen-bond donors (Lipinski definition) is 1. The molecule has 1 unspecified atom stereocenters. The van der Waals surface area contributed by atoms with E-state index in [1.54, 1.807) is 11.3 Å². The Hall–Kier alpha value is -0.410. The maximum absolute atomic E-state index is 10.1. The van der Waals surface area contributed by atoms with Crippen LogP contribution in [0.25, 0.3) is 0 Å². The molecule has 1 fully saturated rings. The van der Waals surface area contributed by atoms with Crippen molar-refractivity contribution in [2.24, 2.45) is 5.92 Å². The number of rotatable bonds is 4. The highest BCUT2D eigenvalue weighted by Gasteiger charge is 2.31. The Morgan fingerprint density at radius 2 is 2.46 bits per heavy atom. The van der Waals surface area contributed by atoms with Crippen LogP contribution in [0, 0.1) is 5.92 Å². The fourth-order valence-corrected chi connectivity index (χ4v) is 2.49. The van der Waals surface area contributed by atoms with Crippen molar-refractivity contribution >= 4 is 11.3 Å². The van der Waals surface area contributed by atoms with Gasteiger partial charge in [0.25, 0.3) is 0 Å². The van der Waals surface area contributed by atoms with Crippen LogP contribution < -0.4 is 0 Å². The lowest BCUT2D eigenvalue weighted by Crippen LogP contribution is -2.27. The highest BCUT2D eigenvalue weighted by Crippen LogP contribution is 2.37. The summed E-state index contributed by atoms with van der Waals surface area (Å²) in [4.78, 5) is 5.19. The van der Waals surface area contributed by atoms with E-state index >= 15 is 0 Å². The van der Waals surface area contributed by atoms with Crippen LogP contribution >= 0.6 is 11.3 Å². The molecule has 3 heteroatoms. The monoisotopic (exact) mass is 197 g/mol. The van der Waals surface area contributed by atoms with Gasteiger partial charge in [0.1, 0.15) is 0 Å². The summed E-state index contributed by atoms with van der Waals surface area (Å²) in [6, 6.07) is 0. The summed E-state index contributed by atoms with van der Waals surface area (Å²) in [6.07, 6.45) is 6.17. The van der Waals surface area contributed by atoms with Gasteiger partial charge in [0, 0.05) is 17.5 Å². The minimum absolute atomic E-state index is 0.520. The van der Waals surface area contributed by atoms with E-state index in [2.05, 4.69) is 4.98 Å². The summed E-state index contributed by atoms with van der Waals surface area (Å²) in [7, 11) is 0. The van der Waals surface area contributed by atoms with E-state index in [1.807, 2.05) is 18.6 Å². The van der Waals surface area contributed by atoms with Gasteiger partial charge in [-0.1, -0.05) is 12.8 Å². The first-order valence-electron chi connectivity index (χ1n) is 4.75. The zero-order valence-corrected chi connectivity index (χ0v) is 8.68. The van der Waals surface area contributed by atoms with Crippen LogP contribution in [0.3, 0.4) is 0 Å². The third kappa shape index (κ3) is 2.78. The Balaban J connectivity index is 1.90. The maximum atomic E-state index is 10.1. The average Bonchev–Trinajstić information content (AvgIpc) is 2.64. The van der Waals surface area contributed by atoms with Crippen LogP contribution in [0.5, 0.6) is 0 Å². The van der Waals surface area contributed by atoms with E-state index in [0.29, 0.717) is 0 Å². The van der Waals surface area contributed by atoms with Gasteiger partial charge in [-0.3, -0.25) is 4.98 Å². The van der Waals surface area contributed by atoms with Crippen molar-refractivity contribution in [3.63, 3.8) is 0 Å². The minimum atomic E-state index is -0.520. The quantitative estimate of drug-likeness (QED) is 0.803. The molecule has 0 spiro atoms. The molecule has 0 bridgehead atoms. The van der Waals surface area contributed by atoms with Crippen LogP contribution in [0.15, 0.2) is 11.7 Å². The molecule has 1 N–H and O–H groups in total. The third-order valence-corrected chi connectivity index (χ3v) is 3.24. The summed E-state index contributed by atoms with van der Waals surface area (Å²) in [6.45, 7) is 1.94. The lowest BCUT2D eigenvalue weighted by Gasteiger charge is -2.21. The average molecular weight is 197 g/mol. The lowest BCUT2D eigenvalue weighted by atomic mass is 9.95. The van der Waals surface area contributed by atoms with Crippen LogP contribution in [0.1, 0.15) is 31.1 Å². The van der Waals surface area contributed by atoms with Gasteiger partial charge in [-0.25, -0.2) is 0 Å². The Bertz CT molecular complexity index is 264. The molecule has 1 aliphatic carbocycles. The van der Waals surface area contributed by atoms with Gasteiger partial charge in [-0.05, 0) is 19.3 Å². The Kier molecular flexibility index (Phi) is 2.39. The molecular formula is C10H15NOS. The zero-order valence-electron chi connectivity index (χ0n) is 7.86. The van der Waals surface area contributed by atoms with Gasteiger partial charge >= 0.3 is 0 Å². The van der Waals surface area contributed by atoms with Gasteiger partial charge in [0.15, 0.2) is 0 Å². The van der Waals surface area contributed by atoms with E-state index in [9.17, 15) is 5.11 Å².